The Hall–Kier alpha value is -1.27. The quantitative estimate of drug-likeness (QED) is 0.820. The predicted molar refractivity (Wildman–Crippen MR) is 70.6 cm³/mol. The second-order valence-electron chi connectivity index (χ2n) is 6.48. The maximum atomic E-state index is 12.7. The van der Waals surface area contributed by atoms with E-state index >= 15 is 0 Å². The highest BCUT2D eigenvalue weighted by Crippen LogP contribution is 2.40. The number of carboxylic acid groups (broad SMARTS) is 1. The molecule has 0 radical (unpaired) electrons. The Morgan fingerprint density at radius 2 is 1.67 bits per heavy atom. The Kier molecular flexibility index (Phi) is 5.28. The van der Waals surface area contributed by atoms with Crippen LogP contribution in [-0.2, 0) is 9.59 Å². The Morgan fingerprint density at radius 1 is 1.14 bits per heavy atom. The van der Waals surface area contributed by atoms with Crippen LogP contribution < -0.4 is 5.32 Å². The van der Waals surface area contributed by atoms with Crippen LogP contribution in [0.5, 0.6) is 0 Å². The number of carbonyl (C=O) groups is 2. The van der Waals surface area contributed by atoms with Crippen molar-refractivity contribution in [3.8, 4) is 0 Å². The van der Waals surface area contributed by atoms with Gasteiger partial charge in [0, 0.05) is 13.0 Å². The van der Waals surface area contributed by atoms with Gasteiger partial charge in [-0.25, -0.2) is 0 Å². The summed E-state index contributed by atoms with van der Waals surface area (Å²) in [4.78, 5) is 23.1. The number of hydrogen-bond donors (Lipinski definition) is 2. The van der Waals surface area contributed by atoms with Gasteiger partial charge in [-0.05, 0) is 12.8 Å². The van der Waals surface area contributed by atoms with Crippen LogP contribution in [0.25, 0.3) is 0 Å². The molecule has 1 rings (SSSR count). The molecular weight excluding hydrogens is 287 g/mol. The van der Waals surface area contributed by atoms with E-state index in [-0.39, 0.29) is 6.54 Å². The maximum absolute atomic E-state index is 12.7. The first kappa shape index (κ1) is 17.8. The van der Waals surface area contributed by atoms with Crippen LogP contribution in [-0.4, -0.2) is 29.7 Å². The van der Waals surface area contributed by atoms with Gasteiger partial charge in [0.25, 0.3) is 0 Å². The molecule has 1 amide bonds. The number of aliphatic carboxylic acids is 1. The van der Waals surface area contributed by atoms with E-state index in [1.54, 1.807) is 0 Å². The molecule has 0 heterocycles. The minimum atomic E-state index is -4.47. The van der Waals surface area contributed by atoms with Gasteiger partial charge in [0.15, 0.2) is 0 Å². The van der Waals surface area contributed by atoms with Crippen LogP contribution in [0.15, 0.2) is 0 Å². The van der Waals surface area contributed by atoms with Gasteiger partial charge in [-0.1, -0.05) is 33.1 Å². The van der Waals surface area contributed by atoms with E-state index in [2.05, 4.69) is 5.32 Å². The summed E-state index contributed by atoms with van der Waals surface area (Å²) < 4.78 is 38.2. The van der Waals surface area contributed by atoms with Crippen molar-refractivity contribution in [1.29, 1.82) is 0 Å². The van der Waals surface area contributed by atoms with Crippen molar-refractivity contribution >= 4 is 11.9 Å². The number of alkyl halides is 3. The highest BCUT2D eigenvalue weighted by atomic mass is 19.4. The molecule has 1 fully saturated rings. The molecule has 0 atom stereocenters. The summed E-state index contributed by atoms with van der Waals surface area (Å²) in [5.41, 5.74) is -3.16. The van der Waals surface area contributed by atoms with E-state index in [9.17, 15) is 27.9 Å². The van der Waals surface area contributed by atoms with E-state index in [0.29, 0.717) is 12.8 Å². The highest BCUT2D eigenvalue weighted by Gasteiger charge is 2.48. The normalized spacial score (nSPS) is 19.1. The van der Waals surface area contributed by atoms with E-state index in [1.165, 1.54) is 0 Å². The van der Waals surface area contributed by atoms with Gasteiger partial charge in [0.05, 0.1) is 10.8 Å². The van der Waals surface area contributed by atoms with Crippen LogP contribution in [0, 0.1) is 10.8 Å². The van der Waals surface area contributed by atoms with Gasteiger partial charge in [-0.3, -0.25) is 9.59 Å². The Bertz CT molecular complexity index is 399. The molecule has 0 aliphatic heterocycles. The van der Waals surface area contributed by atoms with Crippen LogP contribution in [0.2, 0.25) is 0 Å². The van der Waals surface area contributed by atoms with Crippen LogP contribution in [0.3, 0.4) is 0 Å². The third kappa shape index (κ3) is 4.35. The average molecular weight is 309 g/mol. The molecule has 0 aromatic carbocycles. The lowest BCUT2D eigenvalue weighted by Crippen LogP contribution is -2.46. The highest BCUT2D eigenvalue weighted by molar-refractivity contribution is 5.79. The molecule has 1 saturated carbocycles. The van der Waals surface area contributed by atoms with Gasteiger partial charge < -0.3 is 10.4 Å². The van der Waals surface area contributed by atoms with Crippen molar-refractivity contribution < 1.29 is 27.9 Å². The van der Waals surface area contributed by atoms with Crippen LogP contribution in [0.4, 0.5) is 13.2 Å². The summed E-state index contributed by atoms with van der Waals surface area (Å²) in [6, 6.07) is 0. The van der Waals surface area contributed by atoms with E-state index < -0.39 is 35.3 Å². The third-order valence-electron chi connectivity index (χ3n) is 4.26. The Balaban J connectivity index is 2.61. The van der Waals surface area contributed by atoms with Gasteiger partial charge in [-0.2, -0.15) is 13.2 Å². The second kappa shape index (κ2) is 6.23. The molecule has 21 heavy (non-hydrogen) atoms. The fourth-order valence-corrected chi connectivity index (χ4v) is 2.53. The molecule has 0 aromatic heterocycles. The van der Waals surface area contributed by atoms with Crippen molar-refractivity contribution in [3.63, 3.8) is 0 Å². The SMILES string of the molecule is CC(C)(CC(=O)NCC1(C(=O)O)CCCCC1)C(F)(F)F. The number of amides is 1. The summed E-state index contributed by atoms with van der Waals surface area (Å²) in [5, 5.41) is 11.7. The lowest BCUT2D eigenvalue weighted by Gasteiger charge is -2.34. The molecule has 0 spiro atoms. The van der Waals surface area contributed by atoms with E-state index in [1.807, 2.05) is 0 Å². The predicted octanol–water partition coefficient (Wildman–Crippen LogP) is 3.12. The summed E-state index contributed by atoms with van der Waals surface area (Å²) >= 11 is 0. The van der Waals surface area contributed by atoms with Crippen molar-refractivity contribution in [3.05, 3.63) is 0 Å². The molecule has 7 heteroatoms. The number of rotatable bonds is 5. The molecule has 0 bridgehead atoms. The number of carbonyl (C=O) groups excluding carboxylic acids is 1. The summed E-state index contributed by atoms with van der Waals surface area (Å²) in [7, 11) is 0. The summed E-state index contributed by atoms with van der Waals surface area (Å²) in [6.07, 6.45) is -1.81. The fourth-order valence-electron chi connectivity index (χ4n) is 2.53. The van der Waals surface area contributed by atoms with E-state index in [0.717, 1.165) is 33.1 Å². The summed E-state index contributed by atoms with van der Waals surface area (Å²) in [6.45, 7) is 1.81. The zero-order valence-electron chi connectivity index (χ0n) is 12.3. The average Bonchev–Trinajstić information content (AvgIpc) is 2.35. The largest absolute Gasteiger partial charge is 0.481 e. The molecule has 0 unspecified atom stereocenters. The first-order chi connectivity index (χ1) is 9.50. The topological polar surface area (TPSA) is 66.4 Å². The number of carboxylic acids is 1. The molecule has 1 aliphatic rings. The maximum Gasteiger partial charge on any atom is 0.394 e. The standard InChI is InChI=1S/C14H22F3NO3/c1-12(2,14(15,16)17)8-10(19)18-9-13(11(20)21)6-4-3-5-7-13/h3-9H2,1-2H3,(H,18,19)(H,20,21). The second-order valence-corrected chi connectivity index (χ2v) is 6.48. The lowest BCUT2D eigenvalue weighted by molar-refractivity contribution is -0.213. The first-order valence-corrected chi connectivity index (χ1v) is 7.07. The van der Waals surface area contributed by atoms with Crippen molar-refractivity contribution in [2.45, 2.75) is 58.5 Å². The van der Waals surface area contributed by atoms with Crippen molar-refractivity contribution in [2.75, 3.05) is 6.54 Å². The van der Waals surface area contributed by atoms with Crippen molar-refractivity contribution in [2.24, 2.45) is 10.8 Å². The van der Waals surface area contributed by atoms with Crippen molar-refractivity contribution in [1.82, 2.24) is 5.32 Å². The van der Waals surface area contributed by atoms with Crippen LogP contribution >= 0.6 is 0 Å². The smallest absolute Gasteiger partial charge is 0.394 e. The Labute approximate surface area is 122 Å². The van der Waals surface area contributed by atoms with Crippen LogP contribution in [0.1, 0.15) is 52.4 Å². The lowest BCUT2D eigenvalue weighted by atomic mass is 9.74. The van der Waals surface area contributed by atoms with E-state index in [4.69, 9.17) is 0 Å². The summed E-state index contributed by atoms with van der Waals surface area (Å²) in [5.74, 6) is -1.75. The molecule has 0 saturated heterocycles. The fraction of sp³-hybridized carbons (Fsp3) is 0.857. The zero-order chi connectivity index (χ0) is 16.3. The van der Waals surface area contributed by atoms with Gasteiger partial charge >= 0.3 is 12.1 Å². The molecule has 1 aliphatic carbocycles. The Morgan fingerprint density at radius 3 is 2.10 bits per heavy atom. The van der Waals surface area contributed by atoms with Gasteiger partial charge in [0.2, 0.25) is 5.91 Å². The number of halogens is 3. The molecule has 4 nitrogen and oxygen atoms in total. The third-order valence-corrected chi connectivity index (χ3v) is 4.26. The molecule has 0 aromatic rings. The molecule has 2 N–H and O–H groups in total. The monoisotopic (exact) mass is 309 g/mol. The number of hydrogen-bond acceptors (Lipinski definition) is 2. The molecule has 122 valence electrons. The first-order valence-electron chi connectivity index (χ1n) is 7.07. The zero-order valence-corrected chi connectivity index (χ0v) is 12.3. The number of nitrogens with one attached hydrogen (secondary N) is 1. The van der Waals surface area contributed by atoms with Gasteiger partial charge in [0.1, 0.15) is 0 Å². The van der Waals surface area contributed by atoms with Gasteiger partial charge in [-0.15, -0.1) is 0 Å². The molecular formula is C14H22F3NO3. The minimum Gasteiger partial charge on any atom is -0.481 e. The minimum absolute atomic E-state index is 0.102.